The molecule has 4 rings (SSSR count). The summed E-state index contributed by atoms with van der Waals surface area (Å²) in [6.07, 6.45) is 3.75. The SMILES string of the molecule is NC(=O)C1[C@H]2CCCN2S(=O)(=O)N1c1ccc(N2CCCCC2=O)cc1. The summed E-state index contributed by atoms with van der Waals surface area (Å²) >= 11 is 0. The molecule has 2 amide bonds. The minimum atomic E-state index is -3.78. The van der Waals surface area contributed by atoms with E-state index >= 15 is 0 Å². The Bertz CT molecular complexity index is 839. The molecule has 0 spiro atoms. The van der Waals surface area contributed by atoms with E-state index in [0.29, 0.717) is 31.6 Å². The van der Waals surface area contributed by atoms with Crippen molar-refractivity contribution in [1.29, 1.82) is 0 Å². The summed E-state index contributed by atoms with van der Waals surface area (Å²) in [5, 5.41) is 0. The number of fused-ring (bicyclic) bond motifs is 1. The Hall–Kier alpha value is -2.13. The molecule has 2 N–H and O–H groups in total. The zero-order valence-electron chi connectivity index (χ0n) is 14.4. The monoisotopic (exact) mass is 378 g/mol. The Morgan fingerprint density at radius 3 is 2.38 bits per heavy atom. The van der Waals surface area contributed by atoms with Crippen molar-refractivity contribution >= 4 is 33.4 Å². The highest BCUT2D eigenvalue weighted by molar-refractivity contribution is 7.90. The van der Waals surface area contributed by atoms with Gasteiger partial charge in [-0.25, -0.2) is 4.31 Å². The van der Waals surface area contributed by atoms with Gasteiger partial charge in [0.05, 0.1) is 11.7 Å². The second kappa shape index (κ2) is 6.24. The van der Waals surface area contributed by atoms with Crippen LogP contribution in [-0.4, -0.2) is 49.7 Å². The third-order valence-electron chi connectivity index (χ3n) is 5.44. The van der Waals surface area contributed by atoms with Crippen molar-refractivity contribution in [2.75, 3.05) is 22.3 Å². The van der Waals surface area contributed by atoms with E-state index < -0.39 is 28.2 Å². The molecule has 3 saturated heterocycles. The van der Waals surface area contributed by atoms with Gasteiger partial charge in [0, 0.05) is 25.2 Å². The normalized spacial score (nSPS) is 28.4. The van der Waals surface area contributed by atoms with Crippen molar-refractivity contribution in [1.82, 2.24) is 4.31 Å². The first-order chi connectivity index (χ1) is 12.4. The standard InChI is InChI=1S/C17H22N4O4S/c18-17(23)16-14-4-3-11-20(14)26(24,25)21(16)13-8-6-12(7-9-13)19-10-2-1-5-15(19)22/h6-9,14,16H,1-5,10-11H2,(H2,18,23)/t14-,16?/m1/s1. The molecule has 0 bridgehead atoms. The number of nitrogens with two attached hydrogens (primary N) is 1. The van der Waals surface area contributed by atoms with Crippen molar-refractivity contribution < 1.29 is 18.0 Å². The van der Waals surface area contributed by atoms with Crippen LogP contribution in [0.3, 0.4) is 0 Å². The second-order valence-corrected chi connectivity index (χ2v) is 8.75. The van der Waals surface area contributed by atoms with E-state index in [1.165, 1.54) is 4.31 Å². The van der Waals surface area contributed by atoms with Gasteiger partial charge in [0.15, 0.2) is 0 Å². The van der Waals surface area contributed by atoms with Gasteiger partial charge in [-0.3, -0.25) is 9.59 Å². The summed E-state index contributed by atoms with van der Waals surface area (Å²) in [6, 6.07) is 5.45. The van der Waals surface area contributed by atoms with Gasteiger partial charge < -0.3 is 10.6 Å². The van der Waals surface area contributed by atoms with Crippen LogP contribution in [-0.2, 0) is 19.8 Å². The quantitative estimate of drug-likeness (QED) is 0.831. The molecule has 1 aromatic rings. The van der Waals surface area contributed by atoms with E-state index in [0.717, 1.165) is 29.3 Å². The lowest BCUT2D eigenvalue weighted by Gasteiger charge is -2.28. The van der Waals surface area contributed by atoms with Crippen LogP contribution in [0.15, 0.2) is 24.3 Å². The maximum Gasteiger partial charge on any atom is 0.305 e. The molecule has 3 aliphatic rings. The first-order valence-electron chi connectivity index (χ1n) is 8.92. The fourth-order valence-corrected chi connectivity index (χ4v) is 6.31. The molecular weight excluding hydrogens is 356 g/mol. The number of hydrogen-bond acceptors (Lipinski definition) is 4. The van der Waals surface area contributed by atoms with Crippen LogP contribution in [0, 0.1) is 0 Å². The summed E-state index contributed by atoms with van der Waals surface area (Å²) in [5.41, 5.74) is 6.68. The van der Waals surface area contributed by atoms with Gasteiger partial charge in [-0.1, -0.05) is 0 Å². The number of amides is 2. The van der Waals surface area contributed by atoms with Crippen LogP contribution in [0.4, 0.5) is 11.4 Å². The average Bonchev–Trinajstić information content (AvgIpc) is 3.17. The third-order valence-corrected chi connectivity index (χ3v) is 7.42. The number of hydrogen-bond donors (Lipinski definition) is 1. The summed E-state index contributed by atoms with van der Waals surface area (Å²) in [4.78, 5) is 25.8. The topological polar surface area (TPSA) is 104 Å². The smallest absolute Gasteiger partial charge is 0.305 e. The van der Waals surface area contributed by atoms with E-state index in [-0.39, 0.29) is 5.91 Å². The molecular formula is C17H22N4O4S. The van der Waals surface area contributed by atoms with Gasteiger partial charge in [-0.15, -0.1) is 0 Å². The summed E-state index contributed by atoms with van der Waals surface area (Å²) < 4.78 is 28.3. The van der Waals surface area contributed by atoms with Gasteiger partial charge in [0.2, 0.25) is 11.8 Å². The molecule has 0 saturated carbocycles. The van der Waals surface area contributed by atoms with Crippen LogP contribution in [0.1, 0.15) is 32.1 Å². The molecule has 9 heteroatoms. The van der Waals surface area contributed by atoms with Crippen molar-refractivity contribution in [3.63, 3.8) is 0 Å². The number of piperidine rings is 1. The number of carbonyl (C=O) groups excluding carboxylic acids is 2. The Morgan fingerprint density at radius 1 is 1.04 bits per heavy atom. The Labute approximate surface area is 152 Å². The molecule has 0 aliphatic carbocycles. The first kappa shape index (κ1) is 17.3. The minimum Gasteiger partial charge on any atom is -0.368 e. The molecule has 3 aliphatic heterocycles. The van der Waals surface area contributed by atoms with Gasteiger partial charge >= 0.3 is 10.2 Å². The Balaban J connectivity index is 1.67. The fourth-order valence-electron chi connectivity index (χ4n) is 4.24. The molecule has 8 nitrogen and oxygen atoms in total. The van der Waals surface area contributed by atoms with Crippen LogP contribution in [0.25, 0.3) is 0 Å². The maximum absolute atomic E-state index is 12.9. The minimum absolute atomic E-state index is 0.0773. The number of anilines is 2. The van der Waals surface area contributed by atoms with Crippen molar-refractivity contribution in [2.24, 2.45) is 5.73 Å². The van der Waals surface area contributed by atoms with Gasteiger partial charge in [-0.05, 0) is 49.9 Å². The zero-order chi connectivity index (χ0) is 18.5. The van der Waals surface area contributed by atoms with Gasteiger partial charge in [0.1, 0.15) is 6.04 Å². The first-order valence-corrected chi connectivity index (χ1v) is 10.3. The van der Waals surface area contributed by atoms with Crippen molar-refractivity contribution in [2.45, 2.75) is 44.2 Å². The Morgan fingerprint density at radius 2 is 1.73 bits per heavy atom. The fraction of sp³-hybridized carbons (Fsp3) is 0.529. The molecule has 26 heavy (non-hydrogen) atoms. The number of nitrogens with zero attached hydrogens (tertiary/aromatic N) is 3. The second-order valence-electron chi connectivity index (χ2n) is 6.99. The Kier molecular flexibility index (Phi) is 4.15. The van der Waals surface area contributed by atoms with Crippen LogP contribution in [0.5, 0.6) is 0 Å². The van der Waals surface area contributed by atoms with Crippen LogP contribution < -0.4 is 14.9 Å². The summed E-state index contributed by atoms with van der Waals surface area (Å²) in [7, 11) is -3.78. The average molecular weight is 378 g/mol. The number of rotatable bonds is 3. The molecule has 3 heterocycles. The van der Waals surface area contributed by atoms with Crippen LogP contribution in [0.2, 0.25) is 0 Å². The number of benzene rings is 1. The lowest BCUT2D eigenvalue weighted by Crippen LogP contribution is -2.46. The lowest BCUT2D eigenvalue weighted by atomic mass is 10.1. The highest BCUT2D eigenvalue weighted by Gasteiger charge is 2.55. The summed E-state index contributed by atoms with van der Waals surface area (Å²) in [6.45, 7) is 1.08. The van der Waals surface area contributed by atoms with E-state index in [4.69, 9.17) is 5.73 Å². The van der Waals surface area contributed by atoms with E-state index in [1.54, 1.807) is 29.2 Å². The van der Waals surface area contributed by atoms with Crippen molar-refractivity contribution in [3.05, 3.63) is 24.3 Å². The zero-order valence-corrected chi connectivity index (χ0v) is 15.2. The predicted octanol–water partition coefficient (Wildman–Crippen LogP) is 0.587. The summed E-state index contributed by atoms with van der Waals surface area (Å²) in [5.74, 6) is -0.563. The predicted molar refractivity (Wildman–Crippen MR) is 96.8 cm³/mol. The van der Waals surface area contributed by atoms with E-state index in [9.17, 15) is 18.0 Å². The number of carbonyl (C=O) groups is 2. The molecule has 1 aromatic carbocycles. The molecule has 1 unspecified atom stereocenters. The van der Waals surface area contributed by atoms with Crippen molar-refractivity contribution in [3.8, 4) is 0 Å². The highest BCUT2D eigenvalue weighted by atomic mass is 32.2. The third kappa shape index (κ3) is 2.57. The molecule has 140 valence electrons. The van der Waals surface area contributed by atoms with E-state index in [2.05, 4.69) is 0 Å². The van der Waals surface area contributed by atoms with Gasteiger partial charge in [0.25, 0.3) is 0 Å². The van der Waals surface area contributed by atoms with Gasteiger partial charge in [-0.2, -0.15) is 12.7 Å². The largest absolute Gasteiger partial charge is 0.368 e. The molecule has 3 fully saturated rings. The highest BCUT2D eigenvalue weighted by Crippen LogP contribution is 2.39. The van der Waals surface area contributed by atoms with Crippen LogP contribution >= 0.6 is 0 Å². The molecule has 0 radical (unpaired) electrons. The molecule has 2 atom stereocenters. The molecule has 0 aromatic heterocycles. The lowest BCUT2D eigenvalue weighted by molar-refractivity contribution is -0.120. The number of primary amides is 1. The maximum atomic E-state index is 12.9. The van der Waals surface area contributed by atoms with E-state index in [1.807, 2.05) is 0 Å².